The van der Waals surface area contributed by atoms with E-state index in [-0.39, 0.29) is 27.7 Å². The molecule has 178 valence electrons. The topological polar surface area (TPSA) is 81.0 Å². The number of aliphatic hydroxyl groups excluding tert-OH is 1. The molecule has 1 fully saturated rings. The molecule has 8 heteroatoms. The number of aliphatic hydroxyl groups is 1. The van der Waals surface area contributed by atoms with E-state index < -0.39 is 17.7 Å². The molecule has 0 spiro atoms. The molecule has 1 unspecified atom stereocenters. The zero-order chi connectivity index (χ0) is 24.6. The molecular formula is C26H27ClN2O5. The Bertz CT molecular complexity index is 1310. The molecule has 1 amide bonds. The summed E-state index contributed by atoms with van der Waals surface area (Å²) in [6, 6.07) is 10.0. The van der Waals surface area contributed by atoms with Crippen molar-refractivity contribution in [2.75, 3.05) is 20.8 Å². The van der Waals surface area contributed by atoms with Crippen LogP contribution < -0.4 is 9.47 Å². The molecule has 1 atom stereocenters. The van der Waals surface area contributed by atoms with E-state index >= 15 is 0 Å². The normalized spacial score (nSPS) is 17.6. The van der Waals surface area contributed by atoms with E-state index in [4.69, 9.17) is 21.1 Å². The maximum absolute atomic E-state index is 13.3. The van der Waals surface area contributed by atoms with E-state index in [9.17, 15) is 14.7 Å². The van der Waals surface area contributed by atoms with Crippen molar-refractivity contribution in [2.24, 2.45) is 7.05 Å². The van der Waals surface area contributed by atoms with Crippen molar-refractivity contribution in [2.45, 2.75) is 25.8 Å². The van der Waals surface area contributed by atoms with Crippen LogP contribution in [0, 0.1) is 0 Å². The van der Waals surface area contributed by atoms with Crippen molar-refractivity contribution in [3.63, 3.8) is 0 Å². The van der Waals surface area contributed by atoms with E-state index in [1.165, 1.54) is 26.4 Å². The number of ketones is 1. The molecule has 0 saturated carbocycles. The fourth-order valence-corrected chi connectivity index (χ4v) is 4.78. The summed E-state index contributed by atoms with van der Waals surface area (Å²) in [5, 5.41) is 12.6. The summed E-state index contributed by atoms with van der Waals surface area (Å²) in [6.07, 6.45) is 3.49. The molecule has 4 rings (SSSR count). The van der Waals surface area contributed by atoms with Crippen LogP contribution in [-0.2, 0) is 16.6 Å². The largest absolute Gasteiger partial charge is 0.507 e. The van der Waals surface area contributed by atoms with Crippen LogP contribution in [0.5, 0.6) is 11.5 Å². The number of ether oxygens (including phenoxy) is 2. The first-order valence-corrected chi connectivity index (χ1v) is 11.5. The molecule has 0 aliphatic carbocycles. The number of carbonyl (C=O) groups is 2. The minimum atomic E-state index is -0.747. The van der Waals surface area contributed by atoms with Gasteiger partial charge in [-0.15, -0.1) is 0 Å². The molecule has 2 aromatic carbocycles. The van der Waals surface area contributed by atoms with Crippen molar-refractivity contribution < 1.29 is 24.2 Å². The van der Waals surface area contributed by atoms with Gasteiger partial charge >= 0.3 is 0 Å². The lowest BCUT2D eigenvalue weighted by atomic mass is 9.94. The molecule has 1 aromatic heterocycles. The lowest BCUT2D eigenvalue weighted by Gasteiger charge is -2.25. The van der Waals surface area contributed by atoms with E-state index in [0.29, 0.717) is 12.3 Å². The highest BCUT2D eigenvalue weighted by atomic mass is 35.5. The number of nitrogens with zero attached hydrogens (tertiary/aromatic N) is 2. The molecule has 3 aromatic rings. The number of unbranched alkanes of at least 4 members (excludes halogenated alkanes) is 1. The maximum atomic E-state index is 13.3. The highest BCUT2D eigenvalue weighted by Crippen LogP contribution is 2.45. The number of hydrogen-bond acceptors (Lipinski definition) is 5. The molecule has 1 aliphatic rings. The van der Waals surface area contributed by atoms with E-state index in [0.717, 1.165) is 29.3 Å². The van der Waals surface area contributed by atoms with Crippen molar-refractivity contribution >= 4 is 40.0 Å². The summed E-state index contributed by atoms with van der Waals surface area (Å²) in [5.74, 6) is -1.07. The fourth-order valence-electron chi connectivity index (χ4n) is 4.54. The lowest BCUT2D eigenvalue weighted by molar-refractivity contribution is -0.139. The average molecular weight is 483 g/mol. The van der Waals surface area contributed by atoms with Crippen LogP contribution >= 0.6 is 11.6 Å². The van der Waals surface area contributed by atoms with Gasteiger partial charge < -0.3 is 24.0 Å². The third-order valence-electron chi connectivity index (χ3n) is 6.24. The molecule has 34 heavy (non-hydrogen) atoms. The molecule has 1 N–H and O–H groups in total. The predicted molar refractivity (Wildman–Crippen MR) is 131 cm³/mol. The van der Waals surface area contributed by atoms with Gasteiger partial charge in [-0.25, -0.2) is 0 Å². The molecule has 7 nitrogen and oxygen atoms in total. The molecule has 0 bridgehead atoms. The summed E-state index contributed by atoms with van der Waals surface area (Å²) < 4.78 is 12.6. The second kappa shape index (κ2) is 9.43. The highest BCUT2D eigenvalue weighted by Gasteiger charge is 2.47. The number of amides is 1. The summed E-state index contributed by atoms with van der Waals surface area (Å²) in [6.45, 7) is 2.42. The second-order valence-corrected chi connectivity index (χ2v) is 8.65. The van der Waals surface area contributed by atoms with Gasteiger partial charge in [-0.1, -0.05) is 43.1 Å². The summed E-state index contributed by atoms with van der Waals surface area (Å²) >= 11 is 6.33. The maximum Gasteiger partial charge on any atom is 0.295 e. The quantitative estimate of drug-likeness (QED) is 0.289. The van der Waals surface area contributed by atoms with Crippen molar-refractivity contribution in [1.82, 2.24) is 9.47 Å². The molecule has 2 heterocycles. The van der Waals surface area contributed by atoms with E-state index in [2.05, 4.69) is 0 Å². The monoisotopic (exact) mass is 482 g/mol. The standard InChI is InChI=1S/C26H27ClN2O5/c1-5-6-11-29-23(17-14-28(2)19-10-8-7-9-15(17)19)22(25(31)26(29)32)24(30)16-12-18(27)21(34-4)13-20(16)33-3/h7-10,12-14,23,30H,5-6,11H2,1-4H3/b24-22+. The summed E-state index contributed by atoms with van der Waals surface area (Å²) in [4.78, 5) is 28.0. The van der Waals surface area contributed by atoms with E-state index in [1.54, 1.807) is 4.90 Å². The lowest BCUT2D eigenvalue weighted by Crippen LogP contribution is -2.30. The third-order valence-corrected chi connectivity index (χ3v) is 6.54. The van der Waals surface area contributed by atoms with Gasteiger partial charge in [0.15, 0.2) is 0 Å². The Kier molecular flexibility index (Phi) is 6.57. The van der Waals surface area contributed by atoms with Gasteiger partial charge in [0.1, 0.15) is 17.3 Å². The van der Waals surface area contributed by atoms with Crippen LogP contribution in [0.4, 0.5) is 0 Å². The van der Waals surface area contributed by atoms with Gasteiger partial charge in [0, 0.05) is 42.3 Å². The van der Waals surface area contributed by atoms with Crippen LogP contribution in [0.3, 0.4) is 0 Å². The summed E-state index contributed by atoms with van der Waals surface area (Å²) in [5.41, 5.74) is 1.96. The smallest absolute Gasteiger partial charge is 0.295 e. The fraction of sp³-hybridized carbons (Fsp3) is 0.308. The van der Waals surface area contributed by atoms with Gasteiger partial charge in [-0.05, 0) is 18.6 Å². The SMILES string of the molecule is CCCCN1C(=O)C(=O)/C(=C(/O)c2cc(Cl)c(OC)cc2OC)C1c1cn(C)c2ccccc12. The zero-order valence-electron chi connectivity index (χ0n) is 19.6. The number of para-hydroxylation sites is 1. The first kappa shape index (κ1) is 23.7. The number of halogens is 1. The van der Waals surface area contributed by atoms with Crippen molar-refractivity contribution in [1.29, 1.82) is 0 Å². The molecule has 1 saturated heterocycles. The highest BCUT2D eigenvalue weighted by molar-refractivity contribution is 6.46. The van der Waals surface area contributed by atoms with Gasteiger partial charge in [0.25, 0.3) is 11.7 Å². The Balaban J connectivity index is 1.99. The van der Waals surface area contributed by atoms with Gasteiger partial charge in [-0.2, -0.15) is 0 Å². The number of benzene rings is 2. The zero-order valence-corrected chi connectivity index (χ0v) is 20.3. The minimum Gasteiger partial charge on any atom is -0.507 e. The average Bonchev–Trinajstić information content (AvgIpc) is 3.30. The number of Topliss-reactive ketones (excluding diaryl/α,β-unsaturated/α-hetero) is 1. The number of hydrogen-bond donors (Lipinski definition) is 1. The minimum absolute atomic E-state index is 0.0111. The van der Waals surface area contributed by atoms with Crippen LogP contribution in [0.25, 0.3) is 16.7 Å². The van der Waals surface area contributed by atoms with Gasteiger partial charge in [-0.3, -0.25) is 9.59 Å². The Labute approximate surface area is 203 Å². The number of rotatable bonds is 7. The van der Waals surface area contributed by atoms with Gasteiger partial charge in [0.05, 0.1) is 36.4 Å². The Morgan fingerprint density at radius 2 is 1.82 bits per heavy atom. The first-order chi connectivity index (χ1) is 16.3. The number of fused-ring (bicyclic) bond motifs is 1. The van der Waals surface area contributed by atoms with Gasteiger partial charge in [0.2, 0.25) is 0 Å². The molecular weight excluding hydrogens is 456 g/mol. The van der Waals surface area contributed by atoms with Crippen molar-refractivity contribution in [3.05, 3.63) is 64.3 Å². The number of methoxy groups -OCH3 is 2. The van der Waals surface area contributed by atoms with Crippen molar-refractivity contribution in [3.8, 4) is 11.5 Å². The van der Waals surface area contributed by atoms with Crippen LogP contribution in [0.15, 0.2) is 48.2 Å². The Hall–Kier alpha value is -3.45. The number of carbonyl (C=O) groups excluding carboxylic acids is 2. The van der Waals surface area contributed by atoms with Crippen LogP contribution in [0.1, 0.15) is 36.9 Å². The first-order valence-electron chi connectivity index (χ1n) is 11.1. The Morgan fingerprint density at radius 1 is 1.12 bits per heavy atom. The van der Waals surface area contributed by atoms with Crippen LogP contribution in [0.2, 0.25) is 5.02 Å². The van der Waals surface area contributed by atoms with Crippen LogP contribution in [-0.4, -0.2) is 47.0 Å². The number of aryl methyl sites for hydroxylation is 1. The second-order valence-electron chi connectivity index (χ2n) is 8.25. The summed E-state index contributed by atoms with van der Waals surface area (Å²) in [7, 11) is 4.83. The van der Waals surface area contributed by atoms with E-state index in [1.807, 2.05) is 49.0 Å². The third kappa shape index (κ3) is 3.80. The molecule has 1 aliphatic heterocycles. The molecule has 0 radical (unpaired) electrons. The number of likely N-dealkylation sites (tertiary alicyclic amines) is 1. The predicted octanol–water partition coefficient (Wildman–Crippen LogP) is 5.07. The Morgan fingerprint density at radius 3 is 2.50 bits per heavy atom. The number of aromatic nitrogens is 1.